The zero-order valence-electron chi connectivity index (χ0n) is 5.92. The third-order valence-electron chi connectivity index (χ3n) is 0.433. The van der Waals surface area contributed by atoms with Crippen molar-refractivity contribution in [1.29, 1.82) is 0 Å². The minimum Gasteiger partial charge on any atom is -0.373 e. The van der Waals surface area contributed by atoms with Crippen LogP contribution in [-0.4, -0.2) is 8.07 Å². The highest BCUT2D eigenvalue weighted by Crippen LogP contribution is 1.94. The first-order valence-corrected chi connectivity index (χ1v) is 5.94. The van der Waals surface area contributed by atoms with Crippen molar-refractivity contribution < 1.29 is 0 Å². The van der Waals surface area contributed by atoms with Gasteiger partial charge in [0.05, 0.1) is 0 Å². The molecule has 0 saturated heterocycles. The zero-order chi connectivity index (χ0) is 7.91. The molecule has 0 aliphatic rings. The fraction of sp³-hybridized carbons (Fsp3) is 0.600. The van der Waals surface area contributed by atoms with Crippen LogP contribution in [0.15, 0.2) is 0 Å². The van der Waals surface area contributed by atoms with Crippen LogP contribution >= 0.6 is 0 Å². The van der Waals surface area contributed by atoms with Crippen LogP contribution in [0.2, 0.25) is 19.6 Å². The van der Waals surface area contributed by atoms with Crippen LogP contribution in [0.5, 0.6) is 0 Å². The van der Waals surface area contributed by atoms with Crippen molar-refractivity contribution in [2.45, 2.75) is 19.6 Å². The van der Waals surface area contributed by atoms with Crippen LogP contribution in [-0.2, 0) is 0 Å². The zero-order valence-corrected chi connectivity index (χ0v) is 6.92. The molecule has 0 fully saturated rings. The summed E-state index contributed by atoms with van der Waals surface area (Å²) in [6, 6.07) is 0. The lowest BCUT2D eigenvalue weighted by atomic mass is 11.4. The molecule has 0 aromatic rings. The summed E-state index contributed by atoms with van der Waals surface area (Å²) in [6.07, 6.45) is 5.12. The van der Waals surface area contributed by atoms with Gasteiger partial charge in [0.25, 0.3) is 0 Å². The standard InChI is InChI=1S/C5H10Si.N3/c1-5-6(2,3)4;1-3-2/h1H,2-4H3;/q;-1. The highest BCUT2D eigenvalue weighted by Gasteiger charge is 2.05. The molecule has 0 saturated carbocycles. The van der Waals surface area contributed by atoms with Crippen molar-refractivity contribution in [2.24, 2.45) is 0 Å². The Kier molecular flexibility index (Phi) is 6.37. The van der Waals surface area contributed by atoms with Crippen LogP contribution in [0.25, 0.3) is 16.0 Å². The van der Waals surface area contributed by atoms with Crippen molar-refractivity contribution in [3.63, 3.8) is 0 Å². The van der Waals surface area contributed by atoms with Crippen LogP contribution < -0.4 is 0 Å². The van der Waals surface area contributed by atoms with Gasteiger partial charge in [0.1, 0.15) is 8.07 Å². The third-order valence-corrected chi connectivity index (χ3v) is 1.30. The van der Waals surface area contributed by atoms with E-state index in [1.807, 2.05) is 0 Å². The summed E-state index contributed by atoms with van der Waals surface area (Å²) in [5.74, 6) is 0. The average Bonchev–Trinajstić information content (AvgIpc) is 1.67. The fourth-order valence-electron chi connectivity index (χ4n) is 0. The third kappa shape index (κ3) is 42.1. The smallest absolute Gasteiger partial charge is 0.128 e. The predicted molar refractivity (Wildman–Crippen MR) is 42.3 cm³/mol. The molecule has 0 amide bonds. The van der Waals surface area contributed by atoms with Gasteiger partial charge in [-0.15, -0.1) is 12.0 Å². The molecular weight excluding hydrogens is 130 g/mol. The van der Waals surface area contributed by atoms with Gasteiger partial charge in [-0.2, -0.15) is 0 Å². The Morgan fingerprint density at radius 1 is 1.33 bits per heavy atom. The number of nitrogens with zero attached hydrogens (tertiary/aromatic N) is 3. The van der Waals surface area contributed by atoms with E-state index in [9.17, 15) is 0 Å². The summed E-state index contributed by atoms with van der Waals surface area (Å²) >= 11 is 0. The van der Waals surface area contributed by atoms with E-state index in [1.165, 1.54) is 4.91 Å². The molecule has 0 spiro atoms. The van der Waals surface area contributed by atoms with Gasteiger partial charge in [-0.3, -0.25) is 4.91 Å². The lowest BCUT2D eigenvalue weighted by molar-refractivity contribution is 1.82. The van der Waals surface area contributed by atoms with Gasteiger partial charge in [-0.1, -0.05) is 19.6 Å². The van der Waals surface area contributed by atoms with Crippen LogP contribution in [0.3, 0.4) is 0 Å². The minimum absolute atomic E-state index is 1.10. The average molecular weight is 140 g/mol. The molecule has 0 aromatic heterocycles. The summed E-state index contributed by atoms with van der Waals surface area (Å²) in [7, 11) is -1.10. The van der Waals surface area contributed by atoms with Crippen LogP contribution in [0.1, 0.15) is 0 Å². The van der Waals surface area contributed by atoms with Crippen LogP contribution in [0.4, 0.5) is 0 Å². The maximum absolute atomic E-state index is 6.75. The van der Waals surface area contributed by atoms with Gasteiger partial charge >= 0.3 is 0 Å². The van der Waals surface area contributed by atoms with Gasteiger partial charge in [-0.25, -0.2) is 0 Å². The molecule has 9 heavy (non-hydrogen) atoms. The topological polar surface area (TPSA) is 58.7 Å². The maximum Gasteiger partial charge on any atom is 0.128 e. The van der Waals surface area contributed by atoms with Crippen molar-refractivity contribution in [1.82, 2.24) is 0 Å². The van der Waals surface area contributed by atoms with E-state index in [-0.39, 0.29) is 0 Å². The monoisotopic (exact) mass is 140 g/mol. The van der Waals surface area contributed by atoms with E-state index in [0.29, 0.717) is 0 Å². The second kappa shape index (κ2) is 5.23. The Hall–Kier alpha value is -0.913. The fourth-order valence-corrected chi connectivity index (χ4v) is 0. The van der Waals surface area contributed by atoms with E-state index in [2.05, 4.69) is 25.2 Å². The van der Waals surface area contributed by atoms with Gasteiger partial charge in [0, 0.05) is 0 Å². The van der Waals surface area contributed by atoms with E-state index >= 15 is 0 Å². The van der Waals surface area contributed by atoms with Crippen molar-refractivity contribution in [3.05, 3.63) is 16.0 Å². The van der Waals surface area contributed by atoms with Gasteiger partial charge in [-0.05, 0) is 0 Å². The van der Waals surface area contributed by atoms with Gasteiger partial charge < -0.3 is 11.1 Å². The Balaban J connectivity index is 0. The molecule has 3 nitrogen and oxygen atoms in total. The molecule has 50 valence electrons. The number of rotatable bonds is 0. The van der Waals surface area contributed by atoms with Gasteiger partial charge in [0.2, 0.25) is 0 Å². The largest absolute Gasteiger partial charge is 0.373 e. The Morgan fingerprint density at radius 3 is 1.44 bits per heavy atom. The predicted octanol–water partition coefficient (Wildman–Crippen LogP) is 2.36. The van der Waals surface area contributed by atoms with E-state index in [4.69, 9.17) is 17.5 Å². The summed E-state index contributed by atoms with van der Waals surface area (Å²) in [4.78, 5) is 1.50. The summed E-state index contributed by atoms with van der Waals surface area (Å²) in [5.41, 5.74) is 16.2. The van der Waals surface area contributed by atoms with Crippen LogP contribution in [0, 0.1) is 12.0 Å². The molecule has 0 unspecified atom stereocenters. The molecule has 4 heteroatoms. The lowest BCUT2D eigenvalue weighted by Gasteiger charge is -2.00. The van der Waals surface area contributed by atoms with E-state index < -0.39 is 8.07 Å². The summed E-state index contributed by atoms with van der Waals surface area (Å²) in [6.45, 7) is 6.44. The Bertz CT molecular complexity index is 133. The van der Waals surface area contributed by atoms with E-state index in [1.54, 1.807) is 0 Å². The van der Waals surface area contributed by atoms with Crippen molar-refractivity contribution in [3.8, 4) is 12.0 Å². The number of hydrogen-bond donors (Lipinski definition) is 0. The first-order valence-electron chi connectivity index (χ1n) is 2.44. The minimum atomic E-state index is -1.10. The first kappa shape index (κ1) is 11.0. The molecule has 0 aliphatic carbocycles. The molecule has 0 aromatic carbocycles. The molecule has 0 bridgehead atoms. The molecule has 0 rings (SSSR count). The maximum atomic E-state index is 6.75. The molecule has 0 aliphatic heterocycles. The van der Waals surface area contributed by atoms with Gasteiger partial charge in [0.15, 0.2) is 0 Å². The first-order chi connectivity index (χ1) is 3.97. The molecule has 0 heterocycles. The second-order valence-electron chi connectivity index (χ2n) is 2.48. The molecule has 0 atom stereocenters. The normalized spacial score (nSPS) is 7.78. The molecular formula is C5H10N3Si-. The van der Waals surface area contributed by atoms with E-state index in [0.717, 1.165) is 0 Å². The quantitative estimate of drug-likeness (QED) is 0.163. The summed E-state index contributed by atoms with van der Waals surface area (Å²) in [5, 5.41) is 0. The lowest BCUT2D eigenvalue weighted by Crippen LogP contribution is -2.15. The van der Waals surface area contributed by atoms with Crippen molar-refractivity contribution in [2.75, 3.05) is 0 Å². The Morgan fingerprint density at radius 2 is 1.44 bits per heavy atom. The number of terminal acetylenes is 1. The highest BCUT2D eigenvalue weighted by atomic mass is 28.3. The second-order valence-corrected chi connectivity index (χ2v) is 7.27. The molecule has 0 radical (unpaired) electrons. The number of hydrogen-bond acceptors (Lipinski definition) is 0. The molecule has 0 N–H and O–H groups in total. The highest BCUT2D eigenvalue weighted by molar-refractivity contribution is 6.83. The summed E-state index contributed by atoms with van der Waals surface area (Å²) < 4.78 is 0. The SMILES string of the molecule is C#C[Si](C)(C)C.[N-]=[N+]=[N-]. The Labute approximate surface area is 56.5 Å². The van der Waals surface area contributed by atoms with Crippen molar-refractivity contribution >= 4 is 8.07 Å².